The van der Waals surface area contributed by atoms with Crippen molar-refractivity contribution in [1.29, 1.82) is 10.5 Å². The molecule has 1 aromatic heterocycles. The Morgan fingerprint density at radius 3 is 2.73 bits per heavy atom. The fourth-order valence-electron chi connectivity index (χ4n) is 3.79. The molecule has 33 heavy (non-hydrogen) atoms. The third-order valence-corrected chi connectivity index (χ3v) is 5.41. The lowest BCUT2D eigenvalue weighted by atomic mass is 10.00. The van der Waals surface area contributed by atoms with Crippen molar-refractivity contribution in [3.8, 4) is 29.0 Å². The third kappa shape index (κ3) is 4.26. The molecule has 7 heteroatoms. The van der Waals surface area contributed by atoms with Gasteiger partial charge in [0.25, 0.3) is 5.91 Å². The van der Waals surface area contributed by atoms with E-state index >= 15 is 0 Å². The summed E-state index contributed by atoms with van der Waals surface area (Å²) < 4.78 is 5.83. The molecule has 0 spiro atoms. The Morgan fingerprint density at radius 2 is 1.97 bits per heavy atom. The van der Waals surface area contributed by atoms with Crippen molar-refractivity contribution >= 4 is 16.8 Å². The summed E-state index contributed by atoms with van der Waals surface area (Å²) in [5.74, 6) is 0.423. The van der Waals surface area contributed by atoms with Crippen LogP contribution in [0.25, 0.3) is 22.0 Å². The lowest BCUT2D eigenvalue weighted by Gasteiger charge is -2.19. The van der Waals surface area contributed by atoms with Crippen LogP contribution in [0.3, 0.4) is 0 Å². The van der Waals surface area contributed by atoms with E-state index in [2.05, 4.69) is 22.3 Å². The molecule has 0 atom stereocenters. The van der Waals surface area contributed by atoms with Crippen LogP contribution >= 0.6 is 0 Å². The molecule has 0 aliphatic heterocycles. The van der Waals surface area contributed by atoms with Crippen LogP contribution in [-0.4, -0.2) is 34.7 Å². The Bertz CT molecular complexity index is 1420. The molecular weight excluding hydrogens is 414 g/mol. The normalized spacial score (nSPS) is 10.4. The molecule has 4 aromatic rings. The molecule has 0 saturated heterocycles. The highest BCUT2D eigenvalue weighted by Crippen LogP contribution is 2.32. The zero-order chi connectivity index (χ0) is 23.4. The molecular formula is C26H21N5O2. The van der Waals surface area contributed by atoms with Gasteiger partial charge in [0.15, 0.2) is 0 Å². The van der Waals surface area contributed by atoms with E-state index in [0.29, 0.717) is 35.6 Å². The van der Waals surface area contributed by atoms with Crippen molar-refractivity contribution in [2.45, 2.75) is 13.5 Å². The number of amides is 1. The van der Waals surface area contributed by atoms with E-state index in [1.807, 2.05) is 31.2 Å². The molecule has 4 rings (SSSR count). The van der Waals surface area contributed by atoms with Gasteiger partial charge in [-0.2, -0.15) is 15.6 Å². The highest BCUT2D eigenvalue weighted by Gasteiger charge is 2.18. The van der Waals surface area contributed by atoms with Gasteiger partial charge >= 0.3 is 0 Å². The van der Waals surface area contributed by atoms with Crippen LogP contribution in [0.4, 0.5) is 0 Å². The highest BCUT2D eigenvalue weighted by molar-refractivity contribution is 5.96. The van der Waals surface area contributed by atoms with Crippen LogP contribution in [-0.2, 0) is 6.54 Å². The van der Waals surface area contributed by atoms with Gasteiger partial charge in [-0.3, -0.25) is 9.89 Å². The first-order chi connectivity index (χ1) is 16.0. The highest BCUT2D eigenvalue weighted by atomic mass is 16.5. The number of fused-ring (bicyclic) bond motifs is 1. The van der Waals surface area contributed by atoms with Crippen molar-refractivity contribution in [1.82, 2.24) is 15.1 Å². The summed E-state index contributed by atoms with van der Waals surface area (Å²) in [6.45, 7) is 2.68. The maximum atomic E-state index is 13.2. The average molecular weight is 435 g/mol. The van der Waals surface area contributed by atoms with Gasteiger partial charge in [0.2, 0.25) is 0 Å². The second-order valence-electron chi connectivity index (χ2n) is 7.54. The van der Waals surface area contributed by atoms with Crippen molar-refractivity contribution in [2.24, 2.45) is 0 Å². The summed E-state index contributed by atoms with van der Waals surface area (Å²) in [7, 11) is 1.73. The van der Waals surface area contributed by atoms with Gasteiger partial charge in [0.1, 0.15) is 5.75 Å². The molecule has 0 saturated carbocycles. The van der Waals surface area contributed by atoms with E-state index in [1.165, 1.54) is 0 Å². The van der Waals surface area contributed by atoms with E-state index in [4.69, 9.17) is 4.74 Å². The molecule has 1 heterocycles. The maximum absolute atomic E-state index is 13.2. The number of carbonyl (C=O) groups excluding carboxylic acids is 1. The van der Waals surface area contributed by atoms with Gasteiger partial charge in [-0.05, 0) is 54.4 Å². The minimum Gasteiger partial charge on any atom is -0.493 e. The van der Waals surface area contributed by atoms with Crippen molar-refractivity contribution in [3.05, 3.63) is 83.0 Å². The van der Waals surface area contributed by atoms with E-state index in [9.17, 15) is 15.3 Å². The Balaban J connectivity index is 1.63. The Morgan fingerprint density at radius 1 is 1.12 bits per heavy atom. The van der Waals surface area contributed by atoms with Gasteiger partial charge in [-0.25, -0.2) is 0 Å². The fourth-order valence-corrected chi connectivity index (χ4v) is 3.79. The number of hydrogen-bond acceptors (Lipinski definition) is 5. The number of benzene rings is 3. The summed E-state index contributed by atoms with van der Waals surface area (Å²) >= 11 is 0. The first-order valence-corrected chi connectivity index (χ1v) is 10.4. The van der Waals surface area contributed by atoms with Crippen molar-refractivity contribution in [2.75, 3.05) is 13.7 Å². The molecule has 0 aliphatic rings. The number of nitriles is 2. The molecule has 3 aromatic carbocycles. The average Bonchev–Trinajstić information content (AvgIpc) is 3.34. The first-order valence-electron chi connectivity index (χ1n) is 10.4. The second kappa shape index (κ2) is 9.25. The van der Waals surface area contributed by atoms with Crippen LogP contribution < -0.4 is 4.74 Å². The largest absolute Gasteiger partial charge is 0.493 e. The number of hydrogen-bond donors (Lipinski definition) is 1. The number of aromatic amines is 1. The van der Waals surface area contributed by atoms with Crippen LogP contribution in [0, 0.1) is 22.7 Å². The Kier molecular flexibility index (Phi) is 6.06. The summed E-state index contributed by atoms with van der Waals surface area (Å²) in [6, 6.07) is 20.5. The summed E-state index contributed by atoms with van der Waals surface area (Å²) in [6.07, 6.45) is 1.62. The lowest BCUT2D eigenvalue weighted by Crippen LogP contribution is -2.26. The topological polar surface area (TPSA) is 106 Å². The van der Waals surface area contributed by atoms with Gasteiger partial charge in [-0.15, -0.1) is 0 Å². The van der Waals surface area contributed by atoms with Crippen LogP contribution in [0.1, 0.15) is 34.0 Å². The van der Waals surface area contributed by atoms with Gasteiger partial charge < -0.3 is 9.64 Å². The standard InChI is InChI=1S/C26H21N5O2/c1-3-33-24-12-19(9-10-22(24)18-6-4-5-17(11-18)13-27)26(32)31(2)16-21-8-7-20(14-28)23-15-29-30-25(21)23/h4-12,15H,3,16H2,1-2H3,(H,29,30). The van der Waals surface area contributed by atoms with Crippen molar-refractivity contribution < 1.29 is 9.53 Å². The van der Waals surface area contributed by atoms with Gasteiger partial charge in [-0.1, -0.05) is 18.2 Å². The van der Waals surface area contributed by atoms with E-state index in [0.717, 1.165) is 27.6 Å². The predicted octanol–water partition coefficient (Wildman–Crippen LogP) is 4.64. The molecule has 0 radical (unpaired) electrons. The van der Waals surface area contributed by atoms with Crippen molar-refractivity contribution in [3.63, 3.8) is 0 Å². The molecule has 1 N–H and O–H groups in total. The first kappa shape index (κ1) is 21.6. The number of rotatable bonds is 6. The molecule has 0 bridgehead atoms. The number of carbonyl (C=O) groups is 1. The quantitative estimate of drug-likeness (QED) is 0.475. The monoisotopic (exact) mass is 435 g/mol. The van der Waals surface area contributed by atoms with Crippen LogP contribution in [0.2, 0.25) is 0 Å². The van der Waals surface area contributed by atoms with Crippen LogP contribution in [0.15, 0.2) is 60.8 Å². The summed E-state index contributed by atoms with van der Waals surface area (Å²) in [5.41, 5.74) is 4.87. The minimum absolute atomic E-state index is 0.162. The van der Waals surface area contributed by atoms with E-state index in [1.54, 1.807) is 48.5 Å². The number of nitrogens with one attached hydrogen (secondary N) is 1. The Labute approximate surface area is 191 Å². The van der Waals surface area contributed by atoms with Crippen LogP contribution in [0.5, 0.6) is 5.75 Å². The van der Waals surface area contributed by atoms with Gasteiger partial charge in [0.05, 0.1) is 41.6 Å². The molecule has 162 valence electrons. The zero-order valence-electron chi connectivity index (χ0n) is 18.3. The molecule has 7 nitrogen and oxygen atoms in total. The Hall–Kier alpha value is -4.62. The SMILES string of the molecule is CCOc1cc(C(=O)N(C)Cc2ccc(C#N)c3cn[nH]c23)ccc1-c1cccc(C#N)c1. The number of ether oxygens (including phenoxy) is 1. The summed E-state index contributed by atoms with van der Waals surface area (Å²) in [5, 5.41) is 26.2. The lowest BCUT2D eigenvalue weighted by molar-refractivity contribution is 0.0785. The van der Waals surface area contributed by atoms with E-state index in [-0.39, 0.29) is 5.91 Å². The van der Waals surface area contributed by atoms with E-state index < -0.39 is 0 Å². The number of nitrogens with zero attached hydrogens (tertiary/aromatic N) is 4. The molecule has 0 fully saturated rings. The molecule has 1 amide bonds. The number of H-pyrrole nitrogens is 1. The maximum Gasteiger partial charge on any atom is 0.254 e. The smallest absolute Gasteiger partial charge is 0.254 e. The zero-order valence-corrected chi connectivity index (χ0v) is 18.3. The molecule has 0 aliphatic carbocycles. The summed E-state index contributed by atoms with van der Waals surface area (Å²) in [4.78, 5) is 14.8. The molecule has 0 unspecified atom stereocenters. The van der Waals surface area contributed by atoms with Gasteiger partial charge in [0, 0.05) is 30.1 Å². The third-order valence-electron chi connectivity index (χ3n) is 5.41. The number of aromatic nitrogens is 2. The minimum atomic E-state index is -0.162. The second-order valence-corrected chi connectivity index (χ2v) is 7.54. The predicted molar refractivity (Wildman–Crippen MR) is 124 cm³/mol. The fraction of sp³-hybridized carbons (Fsp3) is 0.154.